The van der Waals surface area contributed by atoms with Crippen LogP contribution in [0.15, 0.2) is 24.5 Å². The van der Waals surface area contributed by atoms with Gasteiger partial charge in [-0.25, -0.2) is 4.79 Å². The highest BCUT2D eigenvalue weighted by molar-refractivity contribution is 5.67. The van der Waals surface area contributed by atoms with Crippen LogP contribution in [-0.4, -0.2) is 53.7 Å². The SMILES string of the molecule is COC(=O)N(Cc1cccnc1)CC1CCCN(C2CCCCC2)C1. The second kappa shape index (κ2) is 9.18. The number of ether oxygens (including phenoxy) is 1. The summed E-state index contributed by atoms with van der Waals surface area (Å²) in [6.07, 6.45) is 12.6. The van der Waals surface area contributed by atoms with Gasteiger partial charge in [-0.1, -0.05) is 25.3 Å². The lowest BCUT2D eigenvalue weighted by Crippen LogP contribution is -2.47. The third kappa shape index (κ3) is 5.18. The minimum Gasteiger partial charge on any atom is -0.453 e. The van der Waals surface area contributed by atoms with Gasteiger partial charge in [0.1, 0.15) is 0 Å². The third-order valence-corrected chi connectivity index (χ3v) is 5.65. The van der Waals surface area contributed by atoms with Crippen molar-refractivity contribution in [2.45, 2.75) is 57.5 Å². The monoisotopic (exact) mass is 345 g/mol. The first-order valence-corrected chi connectivity index (χ1v) is 9.72. The zero-order valence-corrected chi connectivity index (χ0v) is 15.4. The van der Waals surface area contributed by atoms with Crippen molar-refractivity contribution in [3.05, 3.63) is 30.1 Å². The highest BCUT2D eigenvalue weighted by atomic mass is 16.5. The Morgan fingerprint density at radius 3 is 2.84 bits per heavy atom. The Morgan fingerprint density at radius 1 is 1.28 bits per heavy atom. The number of carbonyl (C=O) groups is 1. The van der Waals surface area contributed by atoms with Gasteiger partial charge in [-0.3, -0.25) is 4.98 Å². The van der Waals surface area contributed by atoms with Crippen LogP contribution in [0, 0.1) is 5.92 Å². The number of likely N-dealkylation sites (tertiary alicyclic amines) is 1. The fourth-order valence-corrected chi connectivity index (χ4v) is 4.38. The Kier molecular flexibility index (Phi) is 6.68. The summed E-state index contributed by atoms with van der Waals surface area (Å²) in [7, 11) is 1.47. The summed E-state index contributed by atoms with van der Waals surface area (Å²) in [5, 5.41) is 0. The van der Waals surface area contributed by atoms with E-state index in [1.54, 1.807) is 6.20 Å². The number of amides is 1. The third-order valence-electron chi connectivity index (χ3n) is 5.65. The number of rotatable bonds is 5. The molecule has 138 valence electrons. The van der Waals surface area contributed by atoms with Gasteiger partial charge >= 0.3 is 6.09 Å². The molecule has 0 spiro atoms. The van der Waals surface area contributed by atoms with E-state index in [-0.39, 0.29) is 6.09 Å². The summed E-state index contributed by atoms with van der Waals surface area (Å²) in [6, 6.07) is 4.69. The number of carbonyl (C=O) groups excluding carboxylic acids is 1. The Morgan fingerprint density at radius 2 is 2.12 bits per heavy atom. The highest BCUT2D eigenvalue weighted by Crippen LogP contribution is 2.27. The first-order chi connectivity index (χ1) is 12.3. The molecule has 5 nitrogen and oxygen atoms in total. The summed E-state index contributed by atoms with van der Waals surface area (Å²) in [6.45, 7) is 3.68. The van der Waals surface area contributed by atoms with Gasteiger partial charge in [0, 0.05) is 31.5 Å². The van der Waals surface area contributed by atoms with Crippen molar-refractivity contribution in [2.24, 2.45) is 5.92 Å². The lowest BCUT2D eigenvalue weighted by Gasteiger charge is -2.41. The van der Waals surface area contributed by atoms with Crippen molar-refractivity contribution in [3.8, 4) is 0 Å². The van der Waals surface area contributed by atoms with Gasteiger partial charge in [0.25, 0.3) is 0 Å². The molecule has 0 N–H and O–H groups in total. The standard InChI is InChI=1S/C20H31N3O2/c1-25-20(24)23(14-17-7-5-11-21-13-17)16-18-8-6-12-22(15-18)19-9-3-2-4-10-19/h5,7,11,13,18-19H,2-4,6,8-10,12,14-16H2,1H3. The van der Waals surface area contributed by atoms with Crippen LogP contribution in [-0.2, 0) is 11.3 Å². The van der Waals surface area contributed by atoms with Crippen LogP contribution < -0.4 is 0 Å². The summed E-state index contributed by atoms with van der Waals surface area (Å²) in [5.74, 6) is 0.534. The molecule has 1 aromatic heterocycles. The zero-order chi connectivity index (χ0) is 17.5. The Labute approximate surface area is 151 Å². The van der Waals surface area contributed by atoms with E-state index in [1.807, 2.05) is 23.2 Å². The number of pyridine rings is 1. The average molecular weight is 345 g/mol. The number of aromatic nitrogens is 1. The predicted octanol–water partition coefficient (Wildman–Crippen LogP) is 3.69. The second-order valence-corrected chi connectivity index (χ2v) is 7.51. The fourth-order valence-electron chi connectivity index (χ4n) is 4.38. The van der Waals surface area contributed by atoms with E-state index in [0.717, 1.165) is 24.7 Å². The van der Waals surface area contributed by atoms with E-state index >= 15 is 0 Å². The molecule has 1 atom stereocenters. The molecule has 2 fully saturated rings. The first kappa shape index (κ1) is 18.2. The fraction of sp³-hybridized carbons (Fsp3) is 0.700. The van der Waals surface area contributed by atoms with E-state index in [0.29, 0.717) is 12.5 Å². The van der Waals surface area contributed by atoms with Crippen molar-refractivity contribution in [3.63, 3.8) is 0 Å². The van der Waals surface area contributed by atoms with Gasteiger partial charge in [-0.05, 0) is 49.8 Å². The molecule has 3 rings (SSSR count). The molecule has 1 aromatic rings. The van der Waals surface area contributed by atoms with Crippen molar-refractivity contribution in [1.29, 1.82) is 0 Å². The molecular formula is C20H31N3O2. The van der Waals surface area contributed by atoms with Gasteiger partial charge in [0.05, 0.1) is 13.7 Å². The highest BCUT2D eigenvalue weighted by Gasteiger charge is 2.29. The molecule has 2 heterocycles. The van der Waals surface area contributed by atoms with Crippen LogP contribution in [0.3, 0.4) is 0 Å². The van der Waals surface area contributed by atoms with Crippen molar-refractivity contribution < 1.29 is 9.53 Å². The minimum absolute atomic E-state index is 0.237. The lowest BCUT2D eigenvalue weighted by molar-refractivity contribution is 0.0707. The van der Waals surface area contributed by atoms with Crippen molar-refractivity contribution in [2.75, 3.05) is 26.7 Å². The molecule has 1 amide bonds. The van der Waals surface area contributed by atoms with Crippen LogP contribution in [0.2, 0.25) is 0 Å². The Bertz CT molecular complexity index is 531. The predicted molar refractivity (Wildman–Crippen MR) is 98.2 cm³/mol. The molecule has 0 bridgehead atoms. The maximum atomic E-state index is 12.2. The van der Waals surface area contributed by atoms with Gasteiger partial charge in [-0.2, -0.15) is 0 Å². The Hall–Kier alpha value is -1.62. The number of hydrogen-bond acceptors (Lipinski definition) is 4. The maximum Gasteiger partial charge on any atom is 0.409 e. The quantitative estimate of drug-likeness (QED) is 0.816. The second-order valence-electron chi connectivity index (χ2n) is 7.51. The van der Waals surface area contributed by atoms with Crippen LogP contribution in [0.5, 0.6) is 0 Å². The summed E-state index contributed by atoms with van der Waals surface area (Å²) in [4.78, 5) is 20.9. The molecule has 0 aromatic carbocycles. The maximum absolute atomic E-state index is 12.2. The van der Waals surface area contributed by atoms with Crippen molar-refractivity contribution in [1.82, 2.24) is 14.8 Å². The minimum atomic E-state index is -0.237. The topological polar surface area (TPSA) is 45.7 Å². The lowest BCUT2D eigenvalue weighted by atomic mass is 9.90. The van der Waals surface area contributed by atoms with E-state index in [1.165, 1.54) is 58.6 Å². The largest absolute Gasteiger partial charge is 0.453 e. The normalized spacial score (nSPS) is 22.5. The van der Waals surface area contributed by atoms with E-state index < -0.39 is 0 Å². The van der Waals surface area contributed by atoms with Crippen LogP contribution >= 0.6 is 0 Å². The molecule has 5 heteroatoms. The summed E-state index contributed by atoms with van der Waals surface area (Å²) < 4.78 is 5.02. The molecule has 1 saturated carbocycles. The molecule has 1 saturated heterocycles. The van der Waals surface area contributed by atoms with E-state index in [9.17, 15) is 4.79 Å². The van der Waals surface area contributed by atoms with Crippen molar-refractivity contribution >= 4 is 6.09 Å². The molecule has 1 aliphatic heterocycles. The molecule has 1 aliphatic carbocycles. The smallest absolute Gasteiger partial charge is 0.409 e. The van der Waals surface area contributed by atoms with Gasteiger partial charge in [-0.15, -0.1) is 0 Å². The number of hydrogen-bond donors (Lipinski definition) is 0. The van der Waals surface area contributed by atoms with Gasteiger partial charge in [0.15, 0.2) is 0 Å². The first-order valence-electron chi connectivity index (χ1n) is 9.72. The number of methoxy groups -OCH3 is 1. The van der Waals surface area contributed by atoms with Crippen LogP contribution in [0.4, 0.5) is 4.79 Å². The number of piperidine rings is 1. The molecule has 2 aliphatic rings. The molecule has 25 heavy (non-hydrogen) atoms. The molecule has 0 radical (unpaired) electrons. The molecule has 1 unspecified atom stereocenters. The van der Waals surface area contributed by atoms with Crippen LogP contribution in [0.25, 0.3) is 0 Å². The Balaban J connectivity index is 1.59. The average Bonchev–Trinajstić information content (AvgIpc) is 2.68. The summed E-state index contributed by atoms with van der Waals surface area (Å²) >= 11 is 0. The van der Waals surface area contributed by atoms with Gasteiger partial charge < -0.3 is 14.5 Å². The van der Waals surface area contributed by atoms with Gasteiger partial charge in [0.2, 0.25) is 0 Å². The van der Waals surface area contributed by atoms with Crippen LogP contribution in [0.1, 0.15) is 50.5 Å². The summed E-state index contributed by atoms with van der Waals surface area (Å²) in [5.41, 5.74) is 1.05. The number of nitrogens with zero attached hydrogens (tertiary/aromatic N) is 3. The van der Waals surface area contributed by atoms with E-state index in [4.69, 9.17) is 4.74 Å². The van der Waals surface area contributed by atoms with E-state index in [2.05, 4.69) is 9.88 Å². The molecular weight excluding hydrogens is 314 g/mol. The zero-order valence-electron chi connectivity index (χ0n) is 15.4.